The Balaban J connectivity index is 2.20. The van der Waals surface area contributed by atoms with Crippen molar-refractivity contribution in [2.24, 2.45) is 0 Å². The Morgan fingerprint density at radius 3 is 2.50 bits per heavy atom. The summed E-state index contributed by atoms with van der Waals surface area (Å²) in [4.78, 5) is 10.6. The van der Waals surface area contributed by atoms with Gasteiger partial charge in [-0.15, -0.1) is 0 Å². The summed E-state index contributed by atoms with van der Waals surface area (Å²) in [7, 11) is 0. The van der Waals surface area contributed by atoms with Gasteiger partial charge in [-0.2, -0.15) is 0 Å². The minimum atomic E-state index is -2.39. The molecule has 0 aliphatic carbocycles. The van der Waals surface area contributed by atoms with E-state index in [1.54, 1.807) is 24.3 Å². The summed E-state index contributed by atoms with van der Waals surface area (Å²) in [6, 6.07) is 7.58. The number of aromatic carboxylic acids is 1. The summed E-state index contributed by atoms with van der Waals surface area (Å²) in [5.74, 6) is -1.47. The van der Waals surface area contributed by atoms with Gasteiger partial charge in [-0.3, -0.25) is 0 Å². The molecule has 0 fully saturated rings. The van der Waals surface area contributed by atoms with Crippen LogP contribution < -0.4 is 0 Å². The van der Waals surface area contributed by atoms with Crippen molar-refractivity contribution in [1.29, 1.82) is 0 Å². The maximum Gasteiger partial charge on any atom is 0.374 e. The van der Waals surface area contributed by atoms with E-state index < -0.39 is 12.4 Å². The lowest BCUT2D eigenvalue weighted by Gasteiger charge is -2.01. The third kappa shape index (κ3) is 2.71. The third-order valence-corrected chi connectivity index (χ3v) is 2.36. The van der Waals surface area contributed by atoms with Gasteiger partial charge in [0.2, 0.25) is 12.2 Å². The van der Waals surface area contributed by atoms with Crippen LogP contribution in [0.25, 0.3) is 11.3 Å². The van der Waals surface area contributed by atoms with E-state index in [9.17, 15) is 13.6 Å². The Hall–Kier alpha value is -2.24. The highest BCUT2D eigenvalue weighted by atomic mass is 19.3. The van der Waals surface area contributed by atoms with Crippen molar-refractivity contribution in [3.8, 4) is 11.3 Å². The van der Waals surface area contributed by atoms with Crippen LogP contribution in [0.4, 0.5) is 8.78 Å². The second kappa shape index (κ2) is 4.95. The van der Waals surface area contributed by atoms with Crippen LogP contribution in [-0.4, -0.2) is 22.7 Å². The van der Waals surface area contributed by atoms with Crippen LogP contribution in [0, 0.1) is 0 Å². The molecule has 1 aromatic carbocycles. The van der Waals surface area contributed by atoms with E-state index in [1.807, 2.05) is 0 Å². The lowest BCUT2D eigenvalue weighted by Crippen LogP contribution is -1.96. The van der Waals surface area contributed by atoms with Gasteiger partial charge in [0.25, 0.3) is 0 Å². The van der Waals surface area contributed by atoms with Gasteiger partial charge < -0.3 is 9.63 Å². The van der Waals surface area contributed by atoms with Crippen molar-refractivity contribution in [3.63, 3.8) is 0 Å². The molecule has 0 aliphatic heterocycles. The van der Waals surface area contributed by atoms with Crippen molar-refractivity contribution >= 4 is 5.97 Å². The first kappa shape index (κ1) is 12.2. The molecule has 18 heavy (non-hydrogen) atoms. The average Bonchev–Trinajstić information content (AvgIpc) is 2.78. The fourth-order valence-electron chi connectivity index (χ4n) is 1.50. The predicted molar refractivity (Wildman–Crippen MR) is 58.6 cm³/mol. The SMILES string of the molecule is O=C(O)c1cc(-c2ccc(CC(F)F)cc2)no1. The normalized spacial score (nSPS) is 10.8. The first-order chi connectivity index (χ1) is 8.56. The minimum absolute atomic E-state index is 0.262. The minimum Gasteiger partial charge on any atom is -0.475 e. The standard InChI is InChI=1S/C12H9F2NO3/c13-11(14)5-7-1-3-8(4-2-7)9-6-10(12(16)17)18-15-9/h1-4,6,11H,5H2,(H,16,17). The van der Waals surface area contributed by atoms with E-state index in [0.717, 1.165) is 0 Å². The molecule has 0 amide bonds. The van der Waals surface area contributed by atoms with Crippen molar-refractivity contribution in [1.82, 2.24) is 5.16 Å². The van der Waals surface area contributed by atoms with Crippen LogP contribution in [0.5, 0.6) is 0 Å². The Labute approximate surface area is 101 Å². The maximum atomic E-state index is 12.1. The van der Waals surface area contributed by atoms with Gasteiger partial charge >= 0.3 is 5.97 Å². The Bertz CT molecular complexity index is 549. The van der Waals surface area contributed by atoms with Crippen molar-refractivity contribution in [3.05, 3.63) is 41.7 Å². The zero-order chi connectivity index (χ0) is 13.1. The van der Waals surface area contributed by atoms with Gasteiger partial charge in [0.05, 0.1) is 0 Å². The lowest BCUT2D eigenvalue weighted by atomic mass is 10.1. The number of alkyl halides is 2. The number of hydrogen-bond acceptors (Lipinski definition) is 3. The molecule has 0 saturated carbocycles. The summed E-state index contributed by atoms with van der Waals surface area (Å²) in [6.07, 6.45) is -2.69. The number of carbonyl (C=O) groups is 1. The van der Waals surface area contributed by atoms with Crippen LogP contribution in [0.2, 0.25) is 0 Å². The number of benzene rings is 1. The van der Waals surface area contributed by atoms with E-state index in [4.69, 9.17) is 5.11 Å². The number of aromatic nitrogens is 1. The lowest BCUT2D eigenvalue weighted by molar-refractivity contribution is 0.0652. The topological polar surface area (TPSA) is 63.3 Å². The maximum absolute atomic E-state index is 12.1. The van der Waals surface area contributed by atoms with Gasteiger partial charge in [-0.1, -0.05) is 29.4 Å². The summed E-state index contributed by atoms with van der Waals surface area (Å²) in [6.45, 7) is 0. The molecule has 0 aliphatic rings. The number of carboxylic acids is 1. The van der Waals surface area contributed by atoms with Crippen LogP contribution in [0.3, 0.4) is 0 Å². The fraction of sp³-hybridized carbons (Fsp3) is 0.167. The molecule has 0 radical (unpaired) electrons. The quantitative estimate of drug-likeness (QED) is 0.909. The molecule has 0 saturated heterocycles. The smallest absolute Gasteiger partial charge is 0.374 e. The first-order valence-electron chi connectivity index (χ1n) is 5.13. The van der Waals surface area contributed by atoms with Crippen LogP contribution >= 0.6 is 0 Å². The first-order valence-corrected chi connectivity index (χ1v) is 5.13. The molecule has 0 unspecified atom stereocenters. The van der Waals surface area contributed by atoms with E-state index in [0.29, 0.717) is 16.8 Å². The molecular formula is C12H9F2NO3. The zero-order valence-corrected chi connectivity index (χ0v) is 9.14. The highest BCUT2D eigenvalue weighted by Gasteiger charge is 2.12. The summed E-state index contributed by atoms with van der Waals surface area (Å²) >= 11 is 0. The molecule has 0 bridgehead atoms. The monoisotopic (exact) mass is 253 g/mol. The number of carboxylic acid groups (broad SMARTS) is 1. The second-order valence-corrected chi connectivity index (χ2v) is 3.67. The summed E-state index contributed by atoms with van der Waals surface area (Å²) < 4.78 is 28.9. The molecule has 1 aromatic heterocycles. The number of rotatable bonds is 4. The van der Waals surface area contributed by atoms with Gasteiger partial charge in [-0.05, 0) is 5.56 Å². The molecule has 1 N–H and O–H groups in total. The van der Waals surface area contributed by atoms with Crippen LogP contribution in [0.1, 0.15) is 16.1 Å². The van der Waals surface area contributed by atoms with E-state index in [1.165, 1.54) is 6.07 Å². The Kier molecular flexibility index (Phi) is 3.36. The molecule has 2 rings (SSSR count). The molecule has 6 heteroatoms. The number of nitrogens with zero attached hydrogens (tertiary/aromatic N) is 1. The number of halogens is 2. The molecule has 1 heterocycles. The highest BCUT2D eigenvalue weighted by Crippen LogP contribution is 2.20. The molecule has 0 atom stereocenters. The zero-order valence-electron chi connectivity index (χ0n) is 9.14. The molecule has 2 aromatic rings. The van der Waals surface area contributed by atoms with Crippen molar-refractivity contribution < 1.29 is 23.2 Å². The van der Waals surface area contributed by atoms with Crippen LogP contribution in [0.15, 0.2) is 34.9 Å². The van der Waals surface area contributed by atoms with Gasteiger partial charge in [0, 0.05) is 18.1 Å². The Morgan fingerprint density at radius 2 is 2.00 bits per heavy atom. The van der Waals surface area contributed by atoms with Gasteiger partial charge in [-0.25, -0.2) is 13.6 Å². The summed E-state index contributed by atoms with van der Waals surface area (Å²) in [5.41, 5.74) is 1.48. The molecule has 4 nitrogen and oxygen atoms in total. The van der Waals surface area contributed by atoms with Gasteiger partial charge in [0.1, 0.15) is 5.69 Å². The molecular weight excluding hydrogens is 244 g/mol. The summed E-state index contributed by atoms with van der Waals surface area (Å²) in [5, 5.41) is 12.3. The average molecular weight is 253 g/mol. The van der Waals surface area contributed by atoms with E-state index >= 15 is 0 Å². The van der Waals surface area contributed by atoms with Crippen LogP contribution in [-0.2, 0) is 6.42 Å². The van der Waals surface area contributed by atoms with Crippen molar-refractivity contribution in [2.75, 3.05) is 0 Å². The molecule has 0 spiro atoms. The second-order valence-electron chi connectivity index (χ2n) is 3.67. The fourth-order valence-corrected chi connectivity index (χ4v) is 1.50. The highest BCUT2D eigenvalue weighted by molar-refractivity contribution is 5.85. The number of hydrogen-bond donors (Lipinski definition) is 1. The third-order valence-electron chi connectivity index (χ3n) is 2.36. The largest absolute Gasteiger partial charge is 0.475 e. The van der Waals surface area contributed by atoms with Crippen molar-refractivity contribution in [2.45, 2.75) is 12.8 Å². The van der Waals surface area contributed by atoms with E-state index in [2.05, 4.69) is 9.68 Å². The molecule has 94 valence electrons. The predicted octanol–water partition coefficient (Wildman–Crippen LogP) is 2.85. The van der Waals surface area contributed by atoms with E-state index in [-0.39, 0.29) is 12.2 Å². The Morgan fingerprint density at radius 1 is 1.33 bits per heavy atom. The van der Waals surface area contributed by atoms with Gasteiger partial charge in [0.15, 0.2) is 0 Å².